The van der Waals surface area contributed by atoms with E-state index in [1.54, 1.807) is 0 Å². The Balaban J connectivity index is 1.64. The number of amides is 1. The second-order valence-electron chi connectivity index (χ2n) is 4.71. The number of nitrogens with zero attached hydrogens (tertiary/aromatic N) is 2. The number of aryl methyl sites for hydroxylation is 1. The maximum Gasteiger partial charge on any atom is 0.262 e. The van der Waals surface area contributed by atoms with Gasteiger partial charge in [0.15, 0.2) is 10.8 Å². The molecule has 7 nitrogen and oxygen atoms in total. The first-order chi connectivity index (χ1) is 10.6. The lowest BCUT2D eigenvalue weighted by atomic mass is 10.2. The van der Waals surface area contributed by atoms with Crippen molar-refractivity contribution in [2.24, 2.45) is 0 Å². The van der Waals surface area contributed by atoms with Crippen molar-refractivity contribution in [3.05, 3.63) is 46.4 Å². The van der Waals surface area contributed by atoms with Crippen molar-refractivity contribution in [3.63, 3.8) is 0 Å². The number of benzene rings is 1. The number of hydrogen-bond acceptors (Lipinski definition) is 5. The van der Waals surface area contributed by atoms with E-state index in [-0.39, 0.29) is 17.2 Å². The van der Waals surface area contributed by atoms with E-state index in [1.807, 2.05) is 31.2 Å². The van der Waals surface area contributed by atoms with E-state index in [9.17, 15) is 9.59 Å². The summed E-state index contributed by atoms with van der Waals surface area (Å²) in [6, 6.07) is 7.53. The normalized spacial score (nSPS) is 10.8. The fraction of sp³-hybridized carbons (Fsp3) is 0.143. The van der Waals surface area contributed by atoms with Gasteiger partial charge in [-0.3, -0.25) is 14.7 Å². The largest absolute Gasteiger partial charge is 0.325 e. The van der Waals surface area contributed by atoms with Gasteiger partial charge in [0.2, 0.25) is 5.91 Å². The Hall–Kier alpha value is -2.61. The molecule has 2 aromatic heterocycles. The molecule has 112 valence electrons. The first-order valence-corrected chi connectivity index (χ1v) is 7.53. The zero-order valence-corrected chi connectivity index (χ0v) is 12.5. The van der Waals surface area contributed by atoms with E-state index >= 15 is 0 Å². The van der Waals surface area contributed by atoms with Crippen LogP contribution in [0.4, 0.5) is 5.69 Å². The van der Waals surface area contributed by atoms with Gasteiger partial charge in [0, 0.05) is 5.69 Å². The second-order valence-corrected chi connectivity index (χ2v) is 5.67. The number of rotatable bonds is 4. The number of nitrogens with one attached hydrogen (secondary N) is 3. The molecule has 1 aromatic carbocycles. The minimum Gasteiger partial charge on any atom is -0.325 e. The highest BCUT2D eigenvalue weighted by Gasteiger charge is 2.08. The molecule has 3 rings (SSSR count). The molecule has 0 aliphatic carbocycles. The van der Waals surface area contributed by atoms with Gasteiger partial charge in [0.1, 0.15) is 5.39 Å². The van der Waals surface area contributed by atoms with Crippen molar-refractivity contribution in [1.82, 2.24) is 20.2 Å². The Labute approximate surface area is 129 Å². The van der Waals surface area contributed by atoms with Crippen molar-refractivity contribution < 1.29 is 4.79 Å². The standard InChI is InChI=1S/C14H13N5O2S/c1-8-2-4-9(5-3-8)16-11(20)7-22-14-17-12-10(6-15-19-12)13(21)18-14/h2-6H,7H2,1H3,(H,16,20)(H2,15,17,18,19,21). The number of H-pyrrole nitrogens is 2. The third-order valence-electron chi connectivity index (χ3n) is 2.97. The Morgan fingerprint density at radius 3 is 2.86 bits per heavy atom. The van der Waals surface area contributed by atoms with Crippen LogP contribution in [0.1, 0.15) is 5.56 Å². The number of thioether (sulfide) groups is 1. The topological polar surface area (TPSA) is 104 Å². The van der Waals surface area contributed by atoms with Gasteiger partial charge in [-0.25, -0.2) is 4.98 Å². The molecule has 0 saturated heterocycles. The predicted molar refractivity (Wildman–Crippen MR) is 85.0 cm³/mol. The third-order valence-corrected chi connectivity index (χ3v) is 3.85. The van der Waals surface area contributed by atoms with Crippen LogP contribution in [0, 0.1) is 6.92 Å². The van der Waals surface area contributed by atoms with E-state index in [1.165, 1.54) is 6.20 Å². The fourth-order valence-corrected chi connectivity index (χ4v) is 2.52. The van der Waals surface area contributed by atoms with Gasteiger partial charge >= 0.3 is 0 Å². The summed E-state index contributed by atoms with van der Waals surface area (Å²) in [5.41, 5.74) is 1.99. The quantitative estimate of drug-likeness (QED) is 0.502. The highest BCUT2D eigenvalue weighted by Crippen LogP contribution is 2.14. The molecule has 22 heavy (non-hydrogen) atoms. The molecule has 0 saturated carbocycles. The Bertz CT molecular complexity index is 869. The lowest BCUT2D eigenvalue weighted by Crippen LogP contribution is -2.15. The van der Waals surface area contributed by atoms with Gasteiger partial charge < -0.3 is 10.3 Å². The van der Waals surface area contributed by atoms with Crippen LogP contribution < -0.4 is 10.9 Å². The monoisotopic (exact) mass is 315 g/mol. The lowest BCUT2D eigenvalue weighted by molar-refractivity contribution is -0.113. The van der Waals surface area contributed by atoms with Gasteiger partial charge in [-0.05, 0) is 19.1 Å². The Morgan fingerprint density at radius 2 is 2.09 bits per heavy atom. The van der Waals surface area contributed by atoms with E-state index in [2.05, 4.69) is 25.5 Å². The zero-order valence-electron chi connectivity index (χ0n) is 11.7. The highest BCUT2D eigenvalue weighted by molar-refractivity contribution is 7.99. The summed E-state index contributed by atoms with van der Waals surface area (Å²) >= 11 is 1.16. The van der Waals surface area contributed by atoms with Crippen LogP contribution in [0.2, 0.25) is 0 Å². The van der Waals surface area contributed by atoms with Crippen molar-refractivity contribution >= 4 is 34.4 Å². The highest BCUT2D eigenvalue weighted by atomic mass is 32.2. The van der Waals surface area contributed by atoms with Crippen LogP contribution in [-0.2, 0) is 4.79 Å². The number of hydrogen-bond donors (Lipinski definition) is 3. The van der Waals surface area contributed by atoms with Gasteiger partial charge in [0.05, 0.1) is 11.9 Å². The van der Waals surface area contributed by atoms with Crippen molar-refractivity contribution in [1.29, 1.82) is 0 Å². The Morgan fingerprint density at radius 1 is 1.32 bits per heavy atom. The van der Waals surface area contributed by atoms with E-state index in [4.69, 9.17) is 0 Å². The summed E-state index contributed by atoms with van der Waals surface area (Å²) in [5, 5.41) is 9.96. The first-order valence-electron chi connectivity index (χ1n) is 6.54. The number of fused-ring (bicyclic) bond motifs is 1. The minimum atomic E-state index is -0.278. The SMILES string of the molecule is Cc1ccc(NC(=O)CSc2nc3[nH]ncc3c(=O)[nH]2)cc1. The molecule has 0 radical (unpaired) electrons. The summed E-state index contributed by atoms with van der Waals surface area (Å²) in [6.07, 6.45) is 1.42. The molecular weight excluding hydrogens is 302 g/mol. The van der Waals surface area contributed by atoms with Gasteiger partial charge in [-0.1, -0.05) is 29.5 Å². The molecule has 3 aromatic rings. The van der Waals surface area contributed by atoms with Crippen molar-refractivity contribution in [2.75, 3.05) is 11.1 Å². The van der Waals surface area contributed by atoms with Crippen LogP contribution in [0.3, 0.4) is 0 Å². The first kappa shape index (κ1) is 14.3. The van der Waals surface area contributed by atoms with E-state index in [0.29, 0.717) is 16.2 Å². The van der Waals surface area contributed by atoms with Crippen molar-refractivity contribution in [2.45, 2.75) is 12.1 Å². The number of anilines is 1. The molecule has 0 fully saturated rings. The predicted octanol–water partition coefficient (Wildman–Crippen LogP) is 1.69. The summed E-state index contributed by atoms with van der Waals surface area (Å²) in [7, 11) is 0. The summed E-state index contributed by atoms with van der Waals surface area (Å²) in [5.74, 6) is -0.0163. The molecule has 3 N–H and O–H groups in total. The summed E-state index contributed by atoms with van der Waals surface area (Å²) in [6.45, 7) is 1.98. The van der Waals surface area contributed by atoms with Crippen LogP contribution >= 0.6 is 11.8 Å². The summed E-state index contributed by atoms with van der Waals surface area (Å²) in [4.78, 5) is 30.5. The molecule has 0 aliphatic rings. The maximum atomic E-state index is 11.9. The second kappa shape index (κ2) is 6.02. The zero-order chi connectivity index (χ0) is 15.5. The molecule has 0 aliphatic heterocycles. The van der Waals surface area contributed by atoms with Crippen LogP contribution in [-0.4, -0.2) is 31.8 Å². The number of carbonyl (C=O) groups excluding carboxylic acids is 1. The molecule has 0 atom stereocenters. The summed E-state index contributed by atoms with van der Waals surface area (Å²) < 4.78 is 0. The van der Waals surface area contributed by atoms with E-state index < -0.39 is 0 Å². The molecule has 0 unspecified atom stereocenters. The Kier molecular flexibility index (Phi) is 3.92. The fourth-order valence-electron chi connectivity index (χ4n) is 1.86. The minimum absolute atomic E-state index is 0.149. The van der Waals surface area contributed by atoms with Gasteiger partial charge in [-0.15, -0.1) is 0 Å². The molecule has 2 heterocycles. The third kappa shape index (κ3) is 3.17. The molecular formula is C14H13N5O2S. The molecule has 8 heteroatoms. The molecule has 0 bridgehead atoms. The van der Waals surface area contributed by atoms with Crippen LogP contribution in [0.15, 0.2) is 40.4 Å². The van der Waals surface area contributed by atoms with Gasteiger partial charge in [0.25, 0.3) is 5.56 Å². The molecule has 0 spiro atoms. The molecule has 1 amide bonds. The van der Waals surface area contributed by atoms with E-state index in [0.717, 1.165) is 23.0 Å². The average Bonchev–Trinajstić information content (AvgIpc) is 2.97. The van der Waals surface area contributed by atoms with Crippen LogP contribution in [0.5, 0.6) is 0 Å². The van der Waals surface area contributed by atoms with Crippen LogP contribution in [0.25, 0.3) is 11.0 Å². The average molecular weight is 315 g/mol. The number of aromatic amines is 2. The van der Waals surface area contributed by atoms with Crippen molar-refractivity contribution in [3.8, 4) is 0 Å². The lowest BCUT2D eigenvalue weighted by Gasteiger charge is -2.05. The maximum absolute atomic E-state index is 11.9. The smallest absolute Gasteiger partial charge is 0.262 e. The number of carbonyl (C=O) groups is 1. The van der Waals surface area contributed by atoms with Gasteiger partial charge in [-0.2, -0.15) is 5.10 Å². The number of aromatic nitrogens is 4.